The Hall–Kier alpha value is -2.05. The van der Waals surface area contributed by atoms with Crippen molar-refractivity contribution >= 4 is 35.0 Å². The lowest BCUT2D eigenvalue weighted by Gasteiger charge is -2.05. The molecule has 0 N–H and O–H groups in total. The van der Waals surface area contributed by atoms with Crippen LogP contribution in [0.25, 0.3) is 0 Å². The zero-order valence-corrected chi connectivity index (χ0v) is 13.7. The summed E-state index contributed by atoms with van der Waals surface area (Å²) in [6.07, 6.45) is 0.273. The quantitative estimate of drug-likeness (QED) is 0.318. The van der Waals surface area contributed by atoms with Crippen molar-refractivity contribution in [2.75, 3.05) is 5.75 Å². The molecule has 120 valence electrons. The average molecular weight is 352 g/mol. The SMILES string of the molecule is O=C(CCSc1ccc([N+](=O)[O-])cc1)OCc1ccc(Cl)cc1. The van der Waals surface area contributed by atoms with Gasteiger partial charge in [0.15, 0.2) is 0 Å². The van der Waals surface area contributed by atoms with Crippen LogP contribution in [0.3, 0.4) is 0 Å². The number of thioether (sulfide) groups is 1. The largest absolute Gasteiger partial charge is 0.461 e. The van der Waals surface area contributed by atoms with Crippen LogP contribution in [0.5, 0.6) is 0 Å². The van der Waals surface area contributed by atoms with Crippen LogP contribution in [0.15, 0.2) is 53.4 Å². The molecule has 5 nitrogen and oxygen atoms in total. The van der Waals surface area contributed by atoms with E-state index in [0.717, 1.165) is 10.5 Å². The van der Waals surface area contributed by atoms with Gasteiger partial charge in [0.05, 0.1) is 11.3 Å². The maximum Gasteiger partial charge on any atom is 0.306 e. The molecule has 0 aromatic heterocycles. The van der Waals surface area contributed by atoms with Gasteiger partial charge in [-0.2, -0.15) is 0 Å². The molecular weight excluding hydrogens is 338 g/mol. The van der Waals surface area contributed by atoms with Crippen molar-refractivity contribution < 1.29 is 14.5 Å². The minimum atomic E-state index is -0.442. The number of benzene rings is 2. The number of carbonyl (C=O) groups excluding carboxylic acids is 1. The predicted octanol–water partition coefficient (Wildman–Crippen LogP) is 4.47. The summed E-state index contributed by atoms with van der Waals surface area (Å²) in [5.74, 6) is 0.270. The summed E-state index contributed by atoms with van der Waals surface area (Å²) in [7, 11) is 0. The number of non-ortho nitro benzene ring substituents is 1. The van der Waals surface area contributed by atoms with Crippen molar-refractivity contribution in [3.8, 4) is 0 Å². The normalized spacial score (nSPS) is 10.3. The Morgan fingerprint density at radius 1 is 1.13 bits per heavy atom. The lowest BCUT2D eigenvalue weighted by atomic mass is 10.2. The van der Waals surface area contributed by atoms with Crippen LogP contribution < -0.4 is 0 Å². The smallest absolute Gasteiger partial charge is 0.306 e. The number of hydrogen-bond acceptors (Lipinski definition) is 5. The topological polar surface area (TPSA) is 69.4 Å². The number of halogens is 1. The molecule has 0 bridgehead atoms. The van der Waals surface area contributed by atoms with E-state index in [1.54, 1.807) is 36.4 Å². The highest BCUT2D eigenvalue weighted by molar-refractivity contribution is 7.99. The zero-order valence-electron chi connectivity index (χ0n) is 12.1. The number of nitro benzene ring substituents is 1. The minimum Gasteiger partial charge on any atom is -0.461 e. The van der Waals surface area contributed by atoms with Crippen LogP contribution in [0, 0.1) is 10.1 Å². The van der Waals surface area contributed by atoms with Gasteiger partial charge in [-0.15, -0.1) is 11.8 Å². The number of carbonyl (C=O) groups is 1. The molecule has 0 heterocycles. The van der Waals surface area contributed by atoms with Crippen LogP contribution in [0.1, 0.15) is 12.0 Å². The third-order valence-corrected chi connectivity index (χ3v) is 4.20. The molecule has 0 amide bonds. The van der Waals surface area contributed by atoms with E-state index in [0.29, 0.717) is 10.8 Å². The van der Waals surface area contributed by atoms with Gasteiger partial charge in [-0.1, -0.05) is 23.7 Å². The zero-order chi connectivity index (χ0) is 16.7. The standard InChI is InChI=1S/C16H14ClNO4S/c17-13-3-1-12(2-4-13)11-22-16(19)9-10-23-15-7-5-14(6-8-15)18(20)21/h1-8H,9-11H2. The molecule has 0 unspecified atom stereocenters. The molecule has 7 heteroatoms. The van der Waals surface area contributed by atoms with E-state index in [1.807, 2.05) is 0 Å². The minimum absolute atomic E-state index is 0.0525. The second-order valence-corrected chi connectivity index (χ2v) is 6.24. The summed E-state index contributed by atoms with van der Waals surface area (Å²) in [4.78, 5) is 22.7. The van der Waals surface area contributed by atoms with Crippen LogP contribution in [-0.4, -0.2) is 16.6 Å². The molecule has 0 aliphatic heterocycles. The molecular formula is C16H14ClNO4S. The first-order chi connectivity index (χ1) is 11.0. The van der Waals surface area contributed by atoms with Gasteiger partial charge in [0, 0.05) is 27.8 Å². The molecule has 0 saturated carbocycles. The Bertz CT molecular complexity index is 673. The third-order valence-electron chi connectivity index (χ3n) is 2.94. The average Bonchev–Trinajstić information content (AvgIpc) is 2.55. The van der Waals surface area contributed by atoms with E-state index in [-0.39, 0.29) is 24.7 Å². The second kappa shape index (κ2) is 8.55. The number of esters is 1. The molecule has 2 aromatic carbocycles. The van der Waals surface area contributed by atoms with Gasteiger partial charge < -0.3 is 4.74 Å². The number of ether oxygens (including phenoxy) is 1. The van der Waals surface area contributed by atoms with Gasteiger partial charge in [-0.05, 0) is 29.8 Å². The predicted molar refractivity (Wildman–Crippen MR) is 89.7 cm³/mol. The maximum atomic E-state index is 11.7. The van der Waals surface area contributed by atoms with Gasteiger partial charge in [0.2, 0.25) is 0 Å². The number of nitro groups is 1. The van der Waals surface area contributed by atoms with Crippen LogP contribution in [-0.2, 0) is 16.1 Å². The fourth-order valence-corrected chi connectivity index (χ4v) is 2.69. The third kappa shape index (κ3) is 5.92. The summed E-state index contributed by atoms with van der Waals surface area (Å²) in [6.45, 7) is 0.220. The molecule has 0 spiro atoms. The molecule has 0 atom stereocenters. The molecule has 0 fully saturated rings. The van der Waals surface area contributed by atoms with Crippen molar-refractivity contribution in [1.29, 1.82) is 0 Å². The maximum absolute atomic E-state index is 11.7. The van der Waals surface area contributed by atoms with E-state index in [9.17, 15) is 14.9 Å². The highest BCUT2D eigenvalue weighted by Gasteiger charge is 2.06. The first-order valence-corrected chi connectivity index (χ1v) is 8.18. The molecule has 0 saturated heterocycles. The highest BCUT2D eigenvalue weighted by atomic mass is 35.5. The first-order valence-electron chi connectivity index (χ1n) is 6.82. The summed E-state index contributed by atoms with van der Waals surface area (Å²) >= 11 is 7.23. The van der Waals surface area contributed by atoms with Gasteiger partial charge in [-0.25, -0.2) is 0 Å². The van der Waals surface area contributed by atoms with E-state index >= 15 is 0 Å². The van der Waals surface area contributed by atoms with Crippen LogP contribution >= 0.6 is 23.4 Å². The molecule has 2 rings (SSSR count). The summed E-state index contributed by atoms with van der Waals surface area (Å²) in [5, 5.41) is 11.2. The number of rotatable bonds is 7. The summed E-state index contributed by atoms with van der Waals surface area (Å²) in [6, 6.07) is 13.3. The molecule has 23 heavy (non-hydrogen) atoms. The monoisotopic (exact) mass is 351 g/mol. The lowest BCUT2D eigenvalue weighted by molar-refractivity contribution is -0.384. The van der Waals surface area contributed by atoms with Crippen molar-refractivity contribution in [3.63, 3.8) is 0 Å². The van der Waals surface area contributed by atoms with Gasteiger partial charge >= 0.3 is 5.97 Å². The van der Waals surface area contributed by atoms with Gasteiger partial charge in [-0.3, -0.25) is 14.9 Å². The highest BCUT2D eigenvalue weighted by Crippen LogP contribution is 2.22. The summed E-state index contributed by atoms with van der Waals surface area (Å²) in [5.41, 5.74) is 0.933. The Kier molecular flexibility index (Phi) is 6.43. The molecule has 0 aliphatic rings. The first kappa shape index (κ1) is 17.3. The Morgan fingerprint density at radius 3 is 2.39 bits per heavy atom. The molecule has 2 aromatic rings. The van der Waals surface area contributed by atoms with E-state index < -0.39 is 4.92 Å². The number of hydrogen-bond donors (Lipinski definition) is 0. The molecule has 0 radical (unpaired) electrons. The lowest BCUT2D eigenvalue weighted by Crippen LogP contribution is -2.05. The van der Waals surface area contributed by atoms with Crippen molar-refractivity contribution in [1.82, 2.24) is 0 Å². The van der Waals surface area contributed by atoms with Crippen molar-refractivity contribution in [3.05, 3.63) is 69.2 Å². The van der Waals surface area contributed by atoms with Crippen molar-refractivity contribution in [2.24, 2.45) is 0 Å². The Labute approximate surface area is 142 Å². The Morgan fingerprint density at radius 2 is 1.78 bits per heavy atom. The summed E-state index contributed by atoms with van der Waals surface area (Å²) < 4.78 is 5.17. The molecule has 0 aliphatic carbocycles. The van der Waals surface area contributed by atoms with E-state index in [4.69, 9.17) is 16.3 Å². The fourth-order valence-electron chi connectivity index (χ4n) is 1.73. The fraction of sp³-hybridized carbons (Fsp3) is 0.188. The van der Waals surface area contributed by atoms with E-state index in [1.165, 1.54) is 23.9 Å². The van der Waals surface area contributed by atoms with Gasteiger partial charge in [0.1, 0.15) is 6.61 Å². The van der Waals surface area contributed by atoms with Crippen molar-refractivity contribution in [2.45, 2.75) is 17.9 Å². The van der Waals surface area contributed by atoms with Crippen LogP contribution in [0.2, 0.25) is 5.02 Å². The Balaban J connectivity index is 1.70. The number of nitrogens with zero attached hydrogens (tertiary/aromatic N) is 1. The van der Waals surface area contributed by atoms with Gasteiger partial charge in [0.25, 0.3) is 5.69 Å². The second-order valence-electron chi connectivity index (χ2n) is 4.64. The van der Waals surface area contributed by atoms with Crippen LogP contribution in [0.4, 0.5) is 5.69 Å². The van der Waals surface area contributed by atoms with E-state index in [2.05, 4.69) is 0 Å².